The van der Waals surface area contributed by atoms with E-state index >= 15 is 0 Å². The topological polar surface area (TPSA) is 95.9 Å². The normalized spacial score (nSPS) is 19.9. The smallest absolute Gasteiger partial charge is 0.326 e. The predicted molar refractivity (Wildman–Crippen MR) is 66.6 cm³/mol. The second kappa shape index (κ2) is 6.96. The van der Waals surface area contributed by atoms with Gasteiger partial charge in [-0.1, -0.05) is 13.3 Å². The highest BCUT2D eigenvalue weighted by atomic mass is 16.5. The molecule has 1 aliphatic heterocycles. The van der Waals surface area contributed by atoms with E-state index in [1.807, 2.05) is 6.92 Å². The SMILES string of the molecule is CCCC(NC(=O)N1CCC(C(=O)OC)C1)C(=O)O. The maximum atomic E-state index is 11.9. The lowest BCUT2D eigenvalue weighted by Gasteiger charge is -2.20. The molecule has 1 fully saturated rings. The summed E-state index contributed by atoms with van der Waals surface area (Å²) in [6.45, 7) is 2.56. The molecule has 2 atom stereocenters. The molecule has 1 saturated heterocycles. The third-order valence-electron chi connectivity index (χ3n) is 3.18. The Morgan fingerprint density at radius 2 is 2.16 bits per heavy atom. The van der Waals surface area contributed by atoms with E-state index in [0.29, 0.717) is 25.8 Å². The van der Waals surface area contributed by atoms with Gasteiger partial charge in [-0.05, 0) is 12.8 Å². The maximum absolute atomic E-state index is 11.9. The number of carboxylic acids is 1. The van der Waals surface area contributed by atoms with Crippen LogP contribution in [-0.4, -0.2) is 54.2 Å². The number of likely N-dealkylation sites (tertiary alicyclic amines) is 1. The van der Waals surface area contributed by atoms with Crippen molar-refractivity contribution in [2.24, 2.45) is 5.92 Å². The van der Waals surface area contributed by atoms with Crippen molar-refractivity contribution in [3.63, 3.8) is 0 Å². The molecule has 19 heavy (non-hydrogen) atoms. The van der Waals surface area contributed by atoms with Crippen molar-refractivity contribution in [2.75, 3.05) is 20.2 Å². The molecule has 1 aliphatic rings. The first-order valence-corrected chi connectivity index (χ1v) is 6.35. The number of urea groups is 1. The van der Waals surface area contributed by atoms with Crippen LogP contribution >= 0.6 is 0 Å². The number of aliphatic carboxylic acids is 1. The van der Waals surface area contributed by atoms with Gasteiger partial charge in [-0.15, -0.1) is 0 Å². The number of hydrogen-bond acceptors (Lipinski definition) is 4. The van der Waals surface area contributed by atoms with Crippen LogP contribution in [0.25, 0.3) is 0 Å². The predicted octanol–water partition coefficient (Wildman–Crippen LogP) is 0.444. The fourth-order valence-electron chi connectivity index (χ4n) is 2.09. The molecule has 0 bridgehead atoms. The molecule has 0 aliphatic carbocycles. The average molecular weight is 272 g/mol. The van der Waals surface area contributed by atoms with E-state index in [-0.39, 0.29) is 18.4 Å². The van der Waals surface area contributed by atoms with Crippen molar-refractivity contribution in [3.8, 4) is 0 Å². The van der Waals surface area contributed by atoms with Gasteiger partial charge in [0.2, 0.25) is 0 Å². The van der Waals surface area contributed by atoms with Gasteiger partial charge in [0, 0.05) is 13.1 Å². The summed E-state index contributed by atoms with van der Waals surface area (Å²) < 4.78 is 4.63. The summed E-state index contributed by atoms with van der Waals surface area (Å²) >= 11 is 0. The van der Waals surface area contributed by atoms with Gasteiger partial charge in [0.1, 0.15) is 6.04 Å². The molecule has 7 heteroatoms. The lowest BCUT2D eigenvalue weighted by atomic mass is 10.1. The first-order chi connectivity index (χ1) is 8.99. The van der Waals surface area contributed by atoms with E-state index in [0.717, 1.165) is 0 Å². The van der Waals surface area contributed by atoms with E-state index in [2.05, 4.69) is 10.1 Å². The van der Waals surface area contributed by atoms with Gasteiger partial charge in [0.25, 0.3) is 0 Å². The van der Waals surface area contributed by atoms with Crippen molar-refractivity contribution in [1.82, 2.24) is 10.2 Å². The Balaban J connectivity index is 2.50. The summed E-state index contributed by atoms with van der Waals surface area (Å²) in [5.41, 5.74) is 0. The first kappa shape index (κ1) is 15.3. The van der Waals surface area contributed by atoms with Gasteiger partial charge < -0.3 is 20.1 Å². The number of methoxy groups -OCH3 is 1. The number of ether oxygens (including phenoxy) is 1. The fraction of sp³-hybridized carbons (Fsp3) is 0.750. The number of esters is 1. The zero-order valence-corrected chi connectivity index (χ0v) is 11.2. The molecule has 1 heterocycles. The van der Waals surface area contributed by atoms with Crippen LogP contribution in [0.1, 0.15) is 26.2 Å². The van der Waals surface area contributed by atoms with Crippen LogP contribution in [0.3, 0.4) is 0 Å². The minimum atomic E-state index is -1.04. The van der Waals surface area contributed by atoms with Gasteiger partial charge >= 0.3 is 18.0 Å². The van der Waals surface area contributed by atoms with Gasteiger partial charge in [0.05, 0.1) is 13.0 Å². The van der Waals surface area contributed by atoms with Gasteiger partial charge in [-0.3, -0.25) is 4.79 Å². The zero-order chi connectivity index (χ0) is 14.4. The van der Waals surface area contributed by atoms with E-state index in [9.17, 15) is 14.4 Å². The minimum Gasteiger partial charge on any atom is -0.480 e. The highest BCUT2D eigenvalue weighted by Gasteiger charge is 2.33. The number of carboxylic acid groups (broad SMARTS) is 1. The summed E-state index contributed by atoms with van der Waals surface area (Å²) in [7, 11) is 1.31. The van der Waals surface area contributed by atoms with Crippen molar-refractivity contribution in [2.45, 2.75) is 32.2 Å². The highest BCUT2D eigenvalue weighted by Crippen LogP contribution is 2.17. The van der Waals surface area contributed by atoms with Crippen LogP contribution in [0.4, 0.5) is 4.79 Å². The van der Waals surface area contributed by atoms with Crippen LogP contribution in [-0.2, 0) is 14.3 Å². The van der Waals surface area contributed by atoms with E-state index in [1.54, 1.807) is 0 Å². The summed E-state index contributed by atoms with van der Waals surface area (Å²) in [6, 6.07) is -1.32. The Labute approximate surface area is 111 Å². The standard InChI is InChI=1S/C12H20N2O5/c1-3-4-9(10(15)16)13-12(18)14-6-5-8(7-14)11(17)19-2/h8-9H,3-7H2,1-2H3,(H,13,18)(H,15,16). The number of carbonyl (C=O) groups is 3. The van der Waals surface area contributed by atoms with E-state index < -0.39 is 18.0 Å². The third-order valence-corrected chi connectivity index (χ3v) is 3.18. The number of nitrogens with one attached hydrogen (secondary N) is 1. The number of amides is 2. The summed E-state index contributed by atoms with van der Waals surface area (Å²) in [6.07, 6.45) is 1.60. The fourth-order valence-corrected chi connectivity index (χ4v) is 2.09. The molecule has 0 spiro atoms. The number of hydrogen-bond donors (Lipinski definition) is 2. The summed E-state index contributed by atoms with van der Waals surface area (Å²) in [5, 5.41) is 11.4. The maximum Gasteiger partial charge on any atom is 0.326 e. The molecule has 0 aromatic carbocycles. The molecule has 0 aromatic rings. The van der Waals surface area contributed by atoms with E-state index in [4.69, 9.17) is 5.11 Å². The Morgan fingerprint density at radius 3 is 2.68 bits per heavy atom. The molecule has 108 valence electrons. The summed E-state index contributed by atoms with van der Waals surface area (Å²) in [4.78, 5) is 35.6. The van der Waals surface area contributed by atoms with Crippen LogP contribution in [0.5, 0.6) is 0 Å². The lowest BCUT2D eigenvalue weighted by molar-refractivity contribution is -0.145. The molecule has 2 unspecified atom stereocenters. The Bertz CT molecular complexity index is 358. The van der Waals surface area contributed by atoms with Crippen molar-refractivity contribution in [3.05, 3.63) is 0 Å². The van der Waals surface area contributed by atoms with Crippen molar-refractivity contribution in [1.29, 1.82) is 0 Å². The molecule has 0 saturated carbocycles. The lowest BCUT2D eigenvalue weighted by Crippen LogP contribution is -2.47. The Morgan fingerprint density at radius 1 is 1.47 bits per heavy atom. The zero-order valence-electron chi connectivity index (χ0n) is 11.2. The Hall–Kier alpha value is -1.79. The quantitative estimate of drug-likeness (QED) is 0.708. The number of carbonyl (C=O) groups excluding carboxylic acids is 2. The minimum absolute atomic E-state index is 0.275. The van der Waals surface area contributed by atoms with Gasteiger partial charge in [0.15, 0.2) is 0 Å². The van der Waals surface area contributed by atoms with Crippen LogP contribution in [0, 0.1) is 5.92 Å². The molecule has 0 aromatic heterocycles. The van der Waals surface area contributed by atoms with Crippen LogP contribution in [0.2, 0.25) is 0 Å². The number of rotatable bonds is 5. The third kappa shape index (κ3) is 4.11. The molecular weight excluding hydrogens is 252 g/mol. The molecule has 2 amide bonds. The molecule has 2 N–H and O–H groups in total. The van der Waals surface area contributed by atoms with Crippen molar-refractivity contribution < 1.29 is 24.2 Å². The largest absolute Gasteiger partial charge is 0.480 e. The molecular formula is C12H20N2O5. The van der Waals surface area contributed by atoms with Gasteiger partial charge in [-0.2, -0.15) is 0 Å². The molecule has 1 rings (SSSR count). The van der Waals surface area contributed by atoms with Crippen LogP contribution < -0.4 is 5.32 Å². The first-order valence-electron chi connectivity index (χ1n) is 6.35. The van der Waals surface area contributed by atoms with Crippen LogP contribution in [0.15, 0.2) is 0 Å². The van der Waals surface area contributed by atoms with Gasteiger partial charge in [-0.25, -0.2) is 9.59 Å². The number of nitrogens with zero attached hydrogens (tertiary/aromatic N) is 1. The molecule has 0 radical (unpaired) electrons. The van der Waals surface area contributed by atoms with E-state index in [1.165, 1.54) is 12.0 Å². The average Bonchev–Trinajstić information content (AvgIpc) is 2.86. The Kier molecular flexibility index (Phi) is 5.59. The second-order valence-corrected chi connectivity index (χ2v) is 4.58. The van der Waals surface area contributed by atoms with Crippen molar-refractivity contribution >= 4 is 18.0 Å². The monoisotopic (exact) mass is 272 g/mol. The molecule has 7 nitrogen and oxygen atoms in total. The summed E-state index contributed by atoms with van der Waals surface area (Å²) in [5.74, 6) is -1.69. The second-order valence-electron chi connectivity index (χ2n) is 4.58. The highest BCUT2D eigenvalue weighted by molar-refractivity contribution is 5.83.